The van der Waals surface area contributed by atoms with E-state index in [-0.39, 0.29) is 25.7 Å². The van der Waals surface area contributed by atoms with Crippen LogP contribution in [0.2, 0.25) is 0 Å². The van der Waals surface area contributed by atoms with E-state index in [2.05, 4.69) is 72.8 Å². The van der Waals surface area contributed by atoms with Gasteiger partial charge in [0.2, 0.25) is 0 Å². The number of phosphoric acid groups is 2. The molecule has 0 amide bonds. The number of aliphatic hydroxyl groups excluding tert-OH is 1. The van der Waals surface area contributed by atoms with Gasteiger partial charge >= 0.3 is 39.5 Å². The minimum Gasteiger partial charge on any atom is -0.462 e. The van der Waals surface area contributed by atoms with Crippen LogP contribution in [0.3, 0.4) is 0 Å². The molecule has 0 aromatic heterocycles. The molecule has 0 bridgehead atoms. The fourth-order valence-corrected chi connectivity index (χ4v) is 13.5. The van der Waals surface area contributed by atoms with E-state index in [4.69, 9.17) is 37.0 Å². The quantitative estimate of drug-likeness (QED) is 0.0169. The number of aliphatic hydroxyl groups is 1. The molecular formula is C81H154O17P2. The molecule has 0 rings (SSSR count). The van der Waals surface area contributed by atoms with Gasteiger partial charge in [0.1, 0.15) is 19.3 Å². The standard InChI is InChI=1S/C81H154O17P2/c1-8-10-11-12-13-14-15-16-21-25-28-35-42-50-57-64-81(86)98-77(69-92-79(84)63-56-49-44-37-39-46-53-60-73(5)6)71-96-100(89,90)94-67-75(82)66-93-99(87,88)95-70-76(68-91-78(83)62-55-48-41-34-31-30-32-38-45-52-59-72(3)4)97-80(85)65-58-51-43-36-29-26-23-20-18-17-19-22-24-27-33-40-47-54-61-74(7)9-2/h14-16,21,72-77,82H,8-13,17-20,22-71H2,1-7H3,(H,87,88)(H,89,90)/b15-14-,21-16-/t74?,75?,76-,77-/m1/s1. The lowest BCUT2D eigenvalue weighted by atomic mass is 9.99. The molecule has 3 N–H and O–H groups in total. The zero-order chi connectivity index (χ0) is 73.7. The Bertz CT molecular complexity index is 2040. The molecule has 100 heavy (non-hydrogen) atoms. The zero-order valence-corrected chi connectivity index (χ0v) is 66.9. The van der Waals surface area contributed by atoms with Crippen LogP contribution in [0, 0.1) is 17.8 Å². The first-order chi connectivity index (χ1) is 48.3. The summed E-state index contributed by atoms with van der Waals surface area (Å²) in [7, 11) is -9.93. The van der Waals surface area contributed by atoms with E-state index < -0.39 is 97.5 Å². The lowest BCUT2D eigenvalue weighted by molar-refractivity contribution is -0.161. The van der Waals surface area contributed by atoms with Crippen LogP contribution in [0.4, 0.5) is 0 Å². The lowest BCUT2D eigenvalue weighted by Crippen LogP contribution is -2.30. The third-order valence-corrected chi connectivity index (χ3v) is 20.5. The summed E-state index contributed by atoms with van der Waals surface area (Å²) in [6, 6.07) is 0. The number of esters is 4. The van der Waals surface area contributed by atoms with Gasteiger partial charge in [-0.15, -0.1) is 0 Å². The molecule has 0 aliphatic rings. The van der Waals surface area contributed by atoms with Crippen LogP contribution in [-0.2, 0) is 65.4 Å². The van der Waals surface area contributed by atoms with E-state index in [1.165, 1.54) is 186 Å². The van der Waals surface area contributed by atoms with Crippen molar-refractivity contribution in [2.75, 3.05) is 39.6 Å². The van der Waals surface area contributed by atoms with Crippen molar-refractivity contribution in [1.29, 1.82) is 0 Å². The molecule has 0 heterocycles. The molecule has 0 saturated carbocycles. The van der Waals surface area contributed by atoms with Gasteiger partial charge in [0.05, 0.1) is 26.4 Å². The summed E-state index contributed by atoms with van der Waals surface area (Å²) in [6.45, 7) is 11.9. The normalized spacial score (nSPS) is 14.4. The van der Waals surface area contributed by atoms with E-state index in [1.807, 2.05) is 0 Å². The van der Waals surface area contributed by atoms with Crippen molar-refractivity contribution in [3.05, 3.63) is 24.3 Å². The molecule has 0 aliphatic carbocycles. The highest BCUT2D eigenvalue weighted by atomic mass is 31.2. The summed E-state index contributed by atoms with van der Waals surface area (Å²) in [5.74, 6) is 0.185. The van der Waals surface area contributed by atoms with Crippen LogP contribution < -0.4 is 0 Å². The molecule has 19 heteroatoms. The van der Waals surface area contributed by atoms with Crippen molar-refractivity contribution < 1.29 is 80.2 Å². The molecule has 0 aromatic carbocycles. The Morgan fingerprint density at radius 3 is 0.890 bits per heavy atom. The smallest absolute Gasteiger partial charge is 0.462 e. The van der Waals surface area contributed by atoms with Crippen molar-refractivity contribution in [1.82, 2.24) is 0 Å². The highest BCUT2D eigenvalue weighted by Gasteiger charge is 2.30. The molecule has 6 atom stereocenters. The maximum atomic E-state index is 13.1. The monoisotopic (exact) mass is 1460 g/mol. The molecule has 17 nitrogen and oxygen atoms in total. The number of allylic oxidation sites excluding steroid dienone is 4. The van der Waals surface area contributed by atoms with Crippen LogP contribution in [0.25, 0.3) is 0 Å². The topological polar surface area (TPSA) is 237 Å². The minimum atomic E-state index is -4.97. The van der Waals surface area contributed by atoms with Crippen molar-refractivity contribution >= 4 is 39.5 Å². The molecule has 0 aromatic rings. The predicted molar refractivity (Wildman–Crippen MR) is 409 cm³/mol. The van der Waals surface area contributed by atoms with Gasteiger partial charge in [-0.1, -0.05) is 342 Å². The molecule has 4 unspecified atom stereocenters. The van der Waals surface area contributed by atoms with Gasteiger partial charge in [-0.25, -0.2) is 9.13 Å². The maximum absolute atomic E-state index is 13.1. The van der Waals surface area contributed by atoms with E-state index in [0.717, 1.165) is 121 Å². The van der Waals surface area contributed by atoms with Gasteiger partial charge in [0.15, 0.2) is 12.2 Å². The van der Waals surface area contributed by atoms with Crippen molar-refractivity contribution in [3.63, 3.8) is 0 Å². The van der Waals surface area contributed by atoms with Crippen LogP contribution in [-0.4, -0.2) is 96.7 Å². The Morgan fingerprint density at radius 1 is 0.330 bits per heavy atom. The maximum Gasteiger partial charge on any atom is 0.472 e. The van der Waals surface area contributed by atoms with Crippen LogP contribution in [0.15, 0.2) is 24.3 Å². The summed E-state index contributed by atoms with van der Waals surface area (Å²) in [4.78, 5) is 72.9. The number of rotatable bonds is 77. The molecule has 0 aliphatic heterocycles. The Kier molecular flexibility index (Phi) is 69.1. The van der Waals surface area contributed by atoms with Gasteiger partial charge in [-0.2, -0.15) is 0 Å². The number of unbranched alkanes of at least 4 members (excludes halogenated alkanes) is 41. The second-order valence-electron chi connectivity index (χ2n) is 29.7. The summed E-state index contributed by atoms with van der Waals surface area (Å²) < 4.78 is 68.6. The van der Waals surface area contributed by atoms with E-state index >= 15 is 0 Å². The van der Waals surface area contributed by atoms with E-state index in [1.54, 1.807) is 0 Å². The second-order valence-corrected chi connectivity index (χ2v) is 32.6. The summed E-state index contributed by atoms with van der Waals surface area (Å²) in [5, 5.41) is 10.6. The predicted octanol–water partition coefficient (Wildman–Crippen LogP) is 23.7. The van der Waals surface area contributed by atoms with Crippen LogP contribution >= 0.6 is 15.6 Å². The molecule has 0 fully saturated rings. The van der Waals surface area contributed by atoms with Crippen LogP contribution in [0.1, 0.15) is 395 Å². The van der Waals surface area contributed by atoms with Gasteiger partial charge < -0.3 is 33.8 Å². The average molecular weight is 1460 g/mol. The van der Waals surface area contributed by atoms with Gasteiger partial charge in [-0.05, 0) is 69.1 Å². The number of hydrogen-bond donors (Lipinski definition) is 3. The highest BCUT2D eigenvalue weighted by Crippen LogP contribution is 2.45. The third kappa shape index (κ3) is 72.5. The molecule has 0 radical (unpaired) electrons. The number of hydrogen-bond acceptors (Lipinski definition) is 15. The number of carbonyl (C=O) groups is 4. The first kappa shape index (κ1) is 97.5. The number of carbonyl (C=O) groups excluding carboxylic acids is 4. The first-order valence-corrected chi connectivity index (χ1v) is 44.2. The lowest BCUT2D eigenvalue weighted by Gasteiger charge is -2.21. The zero-order valence-electron chi connectivity index (χ0n) is 65.2. The largest absolute Gasteiger partial charge is 0.472 e. The van der Waals surface area contributed by atoms with Gasteiger partial charge in [0, 0.05) is 25.7 Å². The first-order valence-electron chi connectivity index (χ1n) is 41.2. The minimum absolute atomic E-state index is 0.0841. The molecule has 590 valence electrons. The fraction of sp³-hybridized carbons (Fsp3) is 0.901. The fourth-order valence-electron chi connectivity index (χ4n) is 11.9. The third-order valence-electron chi connectivity index (χ3n) is 18.6. The molecule has 0 spiro atoms. The summed E-state index contributed by atoms with van der Waals surface area (Å²) in [5.41, 5.74) is 0. The van der Waals surface area contributed by atoms with Crippen LogP contribution in [0.5, 0.6) is 0 Å². The number of ether oxygens (including phenoxy) is 4. The van der Waals surface area contributed by atoms with E-state index in [9.17, 15) is 43.2 Å². The summed E-state index contributed by atoms with van der Waals surface area (Å²) in [6.07, 6.45) is 62.0. The molecular weight excluding hydrogens is 1310 g/mol. The number of phosphoric ester groups is 2. The summed E-state index contributed by atoms with van der Waals surface area (Å²) >= 11 is 0. The Balaban J connectivity index is 5.24. The van der Waals surface area contributed by atoms with Crippen molar-refractivity contribution in [3.8, 4) is 0 Å². The van der Waals surface area contributed by atoms with Crippen molar-refractivity contribution in [2.45, 2.75) is 414 Å². The second kappa shape index (κ2) is 70.8. The Morgan fingerprint density at radius 2 is 0.590 bits per heavy atom. The highest BCUT2D eigenvalue weighted by molar-refractivity contribution is 7.47. The van der Waals surface area contributed by atoms with Gasteiger partial charge in [0.25, 0.3) is 0 Å². The average Bonchev–Trinajstić information content (AvgIpc) is 0.945. The Hall–Kier alpha value is -2.46. The molecule has 0 saturated heterocycles. The Labute approximate surface area is 612 Å². The van der Waals surface area contributed by atoms with E-state index in [0.29, 0.717) is 31.6 Å². The van der Waals surface area contributed by atoms with Gasteiger partial charge in [-0.3, -0.25) is 37.3 Å². The SMILES string of the molecule is CCCCCC/C=C\C=C/CCCCCCCC(=O)O[C@H](COC(=O)CCCCCCCCCC(C)C)COP(=O)(O)OCC(O)COP(=O)(O)OC[C@@H](COC(=O)CCCCCCCCCCCCC(C)C)OC(=O)CCCCCCCCCCCCCCCCCCCCC(C)CC. The van der Waals surface area contributed by atoms with Crippen molar-refractivity contribution in [2.24, 2.45) is 17.8 Å².